The second-order valence-corrected chi connectivity index (χ2v) is 6.73. The third-order valence-electron chi connectivity index (χ3n) is 3.17. The topological polar surface area (TPSA) is 97.1 Å². The number of sulfonamides is 1. The molecule has 0 aliphatic carbocycles. The summed E-state index contributed by atoms with van der Waals surface area (Å²) in [7, 11) is -3.28. The maximum absolute atomic E-state index is 11.8. The van der Waals surface area contributed by atoms with Crippen molar-refractivity contribution in [2.24, 2.45) is 0 Å². The Morgan fingerprint density at radius 2 is 2.32 bits per heavy atom. The molecule has 0 bridgehead atoms. The number of nitrogens with one attached hydrogen (secondary N) is 2. The highest BCUT2D eigenvalue weighted by atomic mass is 32.2. The normalized spacial score (nSPS) is 20.6. The molecule has 108 valence electrons. The van der Waals surface area contributed by atoms with Crippen LogP contribution in [0.2, 0.25) is 0 Å². The summed E-state index contributed by atoms with van der Waals surface area (Å²) in [5, 5.41) is 6.98. The van der Waals surface area contributed by atoms with Gasteiger partial charge in [-0.05, 0) is 25.8 Å². The van der Waals surface area contributed by atoms with Gasteiger partial charge in [-0.15, -0.1) is 0 Å². The number of hydrogen-bond acceptors (Lipinski definition) is 6. The summed E-state index contributed by atoms with van der Waals surface area (Å²) in [5.74, 6) is 0.916. The Hall–Kier alpha value is -0.990. The second kappa shape index (κ2) is 6.44. The van der Waals surface area contributed by atoms with Crippen molar-refractivity contribution in [3.05, 3.63) is 11.7 Å². The second-order valence-electron chi connectivity index (χ2n) is 4.81. The predicted octanol–water partition coefficient (Wildman–Crippen LogP) is 0.330. The molecule has 1 unspecified atom stereocenters. The molecule has 19 heavy (non-hydrogen) atoms. The van der Waals surface area contributed by atoms with E-state index in [2.05, 4.69) is 20.2 Å². The Morgan fingerprint density at radius 3 is 2.95 bits per heavy atom. The van der Waals surface area contributed by atoms with Crippen molar-refractivity contribution in [2.45, 2.75) is 45.2 Å². The van der Waals surface area contributed by atoms with Crippen LogP contribution in [0.4, 0.5) is 0 Å². The Bertz CT molecular complexity index is 494. The molecule has 1 saturated heterocycles. The van der Waals surface area contributed by atoms with Gasteiger partial charge in [0.15, 0.2) is 5.82 Å². The number of aromatic nitrogens is 2. The van der Waals surface area contributed by atoms with E-state index in [0.717, 1.165) is 13.0 Å². The van der Waals surface area contributed by atoms with Gasteiger partial charge in [-0.25, -0.2) is 13.1 Å². The Morgan fingerprint density at radius 1 is 1.47 bits per heavy atom. The maximum Gasteiger partial charge on any atom is 0.223 e. The first-order valence-corrected chi connectivity index (χ1v) is 8.20. The molecule has 0 amide bonds. The molecule has 1 aliphatic heterocycles. The average molecular weight is 288 g/mol. The SMILES string of the molecule is Cc1nc(CNS(=O)(=O)CCC2CCCCN2)no1. The van der Waals surface area contributed by atoms with E-state index in [1.54, 1.807) is 6.92 Å². The number of piperidine rings is 1. The third kappa shape index (κ3) is 4.88. The molecule has 1 aliphatic rings. The maximum atomic E-state index is 11.8. The first kappa shape index (κ1) is 14.4. The van der Waals surface area contributed by atoms with Crippen LogP contribution in [0, 0.1) is 6.92 Å². The van der Waals surface area contributed by atoms with Crippen LogP contribution in [0.1, 0.15) is 37.4 Å². The molecule has 0 aromatic carbocycles. The van der Waals surface area contributed by atoms with Crippen LogP contribution in [-0.4, -0.2) is 36.9 Å². The number of hydrogen-bond donors (Lipinski definition) is 2. The molecule has 0 radical (unpaired) electrons. The highest BCUT2D eigenvalue weighted by molar-refractivity contribution is 7.89. The molecule has 8 heteroatoms. The lowest BCUT2D eigenvalue weighted by molar-refractivity contribution is 0.386. The molecular weight excluding hydrogens is 268 g/mol. The van der Waals surface area contributed by atoms with Gasteiger partial charge in [0, 0.05) is 13.0 Å². The molecule has 1 aromatic rings. The molecule has 1 aromatic heterocycles. The third-order valence-corrected chi connectivity index (χ3v) is 4.52. The first-order valence-electron chi connectivity index (χ1n) is 6.55. The van der Waals surface area contributed by atoms with E-state index in [-0.39, 0.29) is 12.3 Å². The van der Waals surface area contributed by atoms with Crippen molar-refractivity contribution in [2.75, 3.05) is 12.3 Å². The van der Waals surface area contributed by atoms with Crippen molar-refractivity contribution in [1.29, 1.82) is 0 Å². The summed E-state index contributed by atoms with van der Waals surface area (Å²) in [6.45, 7) is 2.73. The van der Waals surface area contributed by atoms with E-state index in [1.165, 1.54) is 12.8 Å². The summed E-state index contributed by atoms with van der Waals surface area (Å²) >= 11 is 0. The molecular formula is C11H20N4O3S. The molecule has 2 N–H and O–H groups in total. The monoisotopic (exact) mass is 288 g/mol. The summed E-state index contributed by atoms with van der Waals surface area (Å²) in [6.07, 6.45) is 4.05. The van der Waals surface area contributed by atoms with Gasteiger partial charge in [-0.2, -0.15) is 4.98 Å². The van der Waals surface area contributed by atoms with Gasteiger partial charge < -0.3 is 9.84 Å². The van der Waals surface area contributed by atoms with Gasteiger partial charge in [0.05, 0.1) is 12.3 Å². The molecule has 2 heterocycles. The molecule has 1 fully saturated rings. The minimum Gasteiger partial charge on any atom is -0.340 e. The summed E-state index contributed by atoms with van der Waals surface area (Å²) in [5.41, 5.74) is 0. The first-order chi connectivity index (χ1) is 9.05. The quantitative estimate of drug-likeness (QED) is 0.783. The van der Waals surface area contributed by atoms with E-state index in [0.29, 0.717) is 24.2 Å². The van der Waals surface area contributed by atoms with Crippen LogP contribution in [0.15, 0.2) is 4.52 Å². The van der Waals surface area contributed by atoms with Gasteiger partial charge in [-0.3, -0.25) is 0 Å². The zero-order valence-electron chi connectivity index (χ0n) is 11.1. The average Bonchev–Trinajstić information content (AvgIpc) is 2.82. The fourth-order valence-electron chi connectivity index (χ4n) is 2.13. The highest BCUT2D eigenvalue weighted by Gasteiger charge is 2.17. The van der Waals surface area contributed by atoms with Crippen LogP contribution in [0.5, 0.6) is 0 Å². The molecule has 0 saturated carbocycles. The fourth-order valence-corrected chi connectivity index (χ4v) is 3.22. The van der Waals surface area contributed by atoms with E-state index >= 15 is 0 Å². The Labute approximate surface area is 113 Å². The van der Waals surface area contributed by atoms with E-state index in [4.69, 9.17) is 4.52 Å². The number of nitrogens with zero attached hydrogens (tertiary/aromatic N) is 2. The van der Waals surface area contributed by atoms with Gasteiger partial charge in [-0.1, -0.05) is 11.6 Å². The minimum absolute atomic E-state index is 0.0811. The predicted molar refractivity (Wildman–Crippen MR) is 69.9 cm³/mol. The smallest absolute Gasteiger partial charge is 0.223 e. The molecule has 1 atom stereocenters. The van der Waals surface area contributed by atoms with Gasteiger partial charge >= 0.3 is 0 Å². The van der Waals surface area contributed by atoms with Crippen molar-refractivity contribution in [1.82, 2.24) is 20.2 Å². The van der Waals surface area contributed by atoms with Crippen LogP contribution < -0.4 is 10.0 Å². The van der Waals surface area contributed by atoms with E-state index in [1.807, 2.05) is 0 Å². The van der Waals surface area contributed by atoms with Gasteiger partial charge in [0.2, 0.25) is 15.9 Å². The van der Waals surface area contributed by atoms with Crippen LogP contribution in [0.3, 0.4) is 0 Å². The number of aryl methyl sites for hydroxylation is 1. The fraction of sp³-hybridized carbons (Fsp3) is 0.818. The summed E-state index contributed by atoms with van der Waals surface area (Å²) < 4.78 is 30.9. The minimum atomic E-state index is -3.28. The lowest BCUT2D eigenvalue weighted by atomic mass is 10.0. The molecule has 2 rings (SSSR count). The van der Waals surface area contributed by atoms with Crippen LogP contribution in [0.25, 0.3) is 0 Å². The van der Waals surface area contributed by atoms with E-state index < -0.39 is 10.0 Å². The highest BCUT2D eigenvalue weighted by Crippen LogP contribution is 2.10. The lowest BCUT2D eigenvalue weighted by Crippen LogP contribution is -2.37. The molecule has 7 nitrogen and oxygen atoms in total. The van der Waals surface area contributed by atoms with Crippen LogP contribution >= 0.6 is 0 Å². The zero-order valence-corrected chi connectivity index (χ0v) is 11.9. The van der Waals surface area contributed by atoms with Crippen molar-refractivity contribution < 1.29 is 12.9 Å². The standard InChI is InChI=1S/C11H20N4O3S/c1-9-14-11(15-18-9)8-13-19(16,17)7-5-10-4-2-3-6-12-10/h10,12-13H,2-8H2,1H3. The lowest BCUT2D eigenvalue weighted by Gasteiger charge is -2.23. The van der Waals surface area contributed by atoms with Gasteiger partial charge in [0.25, 0.3) is 0 Å². The Kier molecular flexibility index (Phi) is 4.89. The Balaban J connectivity index is 1.75. The molecule has 0 spiro atoms. The zero-order chi connectivity index (χ0) is 13.7. The van der Waals surface area contributed by atoms with Crippen LogP contribution in [-0.2, 0) is 16.6 Å². The van der Waals surface area contributed by atoms with Gasteiger partial charge in [0.1, 0.15) is 0 Å². The van der Waals surface area contributed by atoms with Crippen molar-refractivity contribution in [3.63, 3.8) is 0 Å². The largest absolute Gasteiger partial charge is 0.340 e. The van der Waals surface area contributed by atoms with E-state index in [9.17, 15) is 8.42 Å². The number of rotatable bonds is 6. The van der Waals surface area contributed by atoms with Crippen molar-refractivity contribution >= 4 is 10.0 Å². The summed E-state index contributed by atoms with van der Waals surface area (Å²) in [4.78, 5) is 3.95. The summed E-state index contributed by atoms with van der Waals surface area (Å²) in [6, 6.07) is 0.317. The van der Waals surface area contributed by atoms with Crippen molar-refractivity contribution in [3.8, 4) is 0 Å².